The summed E-state index contributed by atoms with van der Waals surface area (Å²) in [5.74, 6) is 0. The first-order valence-electron chi connectivity index (χ1n) is 4.40. The number of benzene rings is 1. The average Bonchev–Trinajstić information content (AvgIpc) is 2.12. The Morgan fingerprint density at radius 1 is 1.46 bits per heavy atom. The summed E-state index contributed by atoms with van der Waals surface area (Å²) >= 11 is 3.41. The zero-order chi connectivity index (χ0) is 9.42. The molecule has 2 unspecified atom stereocenters. The summed E-state index contributed by atoms with van der Waals surface area (Å²) in [5, 5.41) is 9.78. The van der Waals surface area contributed by atoms with Gasteiger partial charge in [0.1, 0.15) is 0 Å². The number of fused-ring (bicyclic) bond motifs is 1. The first kappa shape index (κ1) is 9.19. The van der Waals surface area contributed by atoms with Gasteiger partial charge in [0.25, 0.3) is 0 Å². The van der Waals surface area contributed by atoms with Gasteiger partial charge in [-0.1, -0.05) is 22.0 Å². The van der Waals surface area contributed by atoms with Crippen LogP contribution in [0.25, 0.3) is 0 Å². The highest BCUT2D eigenvalue weighted by Gasteiger charge is 2.24. The van der Waals surface area contributed by atoms with Gasteiger partial charge in [0, 0.05) is 10.5 Å². The van der Waals surface area contributed by atoms with Crippen molar-refractivity contribution in [3.8, 4) is 0 Å². The number of rotatable bonds is 0. The van der Waals surface area contributed by atoms with E-state index in [1.54, 1.807) is 0 Å². The van der Waals surface area contributed by atoms with E-state index in [1.807, 2.05) is 12.1 Å². The highest BCUT2D eigenvalue weighted by atomic mass is 79.9. The summed E-state index contributed by atoms with van der Waals surface area (Å²) in [7, 11) is 0. The van der Waals surface area contributed by atoms with Crippen LogP contribution in [0.2, 0.25) is 0 Å². The van der Waals surface area contributed by atoms with Gasteiger partial charge < -0.3 is 10.8 Å². The maximum absolute atomic E-state index is 9.78. The lowest BCUT2D eigenvalue weighted by atomic mass is 9.86. The van der Waals surface area contributed by atoms with Gasteiger partial charge in [0.15, 0.2) is 0 Å². The molecule has 0 fully saturated rings. The molecule has 1 aromatic rings. The Bertz CT molecular complexity index is 327. The summed E-state index contributed by atoms with van der Waals surface area (Å²) in [5.41, 5.74) is 7.97. The minimum Gasteiger partial charge on any atom is -0.387 e. The minimum absolute atomic E-state index is 0.103. The number of nitrogens with two attached hydrogens (primary N) is 1. The predicted octanol–water partition coefficient (Wildman–Crippen LogP) is 1.76. The molecule has 0 aromatic heterocycles. The van der Waals surface area contributed by atoms with Crippen molar-refractivity contribution in [1.29, 1.82) is 0 Å². The Hall–Kier alpha value is -0.380. The Morgan fingerprint density at radius 3 is 3.00 bits per heavy atom. The quantitative estimate of drug-likeness (QED) is 0.728. The van der Waals surface area contributed by atoms with Crippen molar-refractivity contribution in [3.63, 3.8) is 0 Å². The van der Waals surface area contributed by atoms with E-state index in [2.05, 4.69) is 22.0 Å². The van der Waals surface area contributed by atoms with Crippen LogP contribution in [0.15, 0.2) is 22.7 Å². The van der Waals surface area contributed by atoms with E-state index in [-0.39, 0.29) is 6.04 Å². The van der Waals surface area contributed by atoms with Crippen molar-refractivity contribution in [2.24, 2.45) is 5.73 Å². The zero-order valence-electron chi connectivity index (χ0n) is 7.20. The molecule has 2 nitrogen and oxygen atoms in total. The van der Waals surface area contributed by atoms with Crippen LogP contribution in [0.4, 0.5) is 0 Å². The molecule has 13 heavy (non-hydrogen) atoms. The molecule has 0 saturated carbocycles. The van der Waals surface area contributed by atoms with Crippen molar-refractivity contribution in [2.45, 2.75) is 25.0 Å². The summed E-state index contributed by atoms with van der Waals surface area (Å²) in [6.07, 6.45) is 1.34. The van der Waals surface area contributed by atoms with Crippen molar-refractivity contribution in [3.05, 3.63) is 33.8 Å². The van der Waals surface area contributed by atoms with Crippen molar-refractivity contribution in [1.82, 2.24) is 0 Å². The lowest BCUT2D eigenvalue weighted by molar-refractivity contribution is 0.134. The number of aliphatic hydroxyl groups is 1. The van der Waals surface area contributed by atoms with Crippen LogP contribution >= 0.6 is 15.9 Å². The summed E-state index contributed by atoms with van der Waals surface area (Å²) in [6.45, 7) is 0. The molecular formula is C10H12BrNO. The van der Waals surface area contributed by atoms with Crippen molar-refractivity contribution in [2.75, 3.05) is 0 Å². The van der Waals surface area contributed by atoms with Gasteiger partial charge in [0.05, 0.1) is 6.10 Å². The van der Waals surface area contributed by atoms with Gasteiger partial charge in [-0.05, 0) is 36.1 Å². The smallest absolute Gasteiger partial charge is 0.0943 e. The molecule has 0 aliphatic heterocycles. The number of halogens is 1. The van der Waals surface area contributed by atoms with E-state index < -0.39 is 6.10 Å². The van der Waals surface area contributed by atoms with Crippen LogP contribution < -0.4 is 5.73 Å². The molecule has 0 heterocycles. The maximum atomic E-state index is 9.78. The molecule has 1 aliphatic rings. The second-order valence-corrected chi connectivity index (χ2v) is 4.41. The van der Waals surface area contributed by atoms with E-state index in [1.165, 1.54) is 5.56 Å². The van der Waals surface area contributed by atoms with Gasteiger partial charge in [-0.2, -0.15) is 0 Å². The van der Waals surface area contributed by atoms with Gasteiger partial charge in [-0.3, -0.25) is 0 Å². The first-order chi connectivity index (χ1) is 6.18. The molecule has 0 saturated heterocycles. The lowest BCUT2D eigenvalue weighted by Crippen LogP contribution is -2.32. The SMILES string of the molecule is NC1CCc2cc(Br)ccc2C1O. The molecule has 2 rings (SSSR count). The monoisotopic (exact) mass is 241 g/mol. The Morgan fingerprint density at radius 2 is 2.23 bits per heavy atom. The molecule has 0 amide bonds. The Balaban J connectivity index is 2.44. The highest BCUT2D eigenvalue weighted by molar-refractivity contribution is 9.10. The number of aryl methyl sites for hydroxylation is 1. The molecule has 3 heteroatoms. The molecule has 3 N–H and O–H groups in total. The van der Waals surface area contributed by atoms with Crippen LogP contribution in [0, 0.1) is 0 Å². The zero-order valence-corrected chi connectivity index (χ0v) is 8.79. The predicted molar refractivity (Wildman–Crippen MR) is 55.4 cm³/mol. The molecule has 2 atom stereocenters. The lowest BCUT2D eigenvalue weighted by Gasteiger charge is -2.27. The highest BCUT2D eigenvalue weighted by Crippen LogP contribution is 2.30. The standard InChI is InChI=1S/C10H12BrNO/c11-7-2-3-8-6(5-7)1-4-9(12)10(8)13/h2-3,5,9-10,13H,1,4,12H2. The second-order valence-electron chi connectivity index (χ2n) is 3.49. The summed E-state index contributed by atoms with van der Waals surface area (Å²) < 4.78 is 1.06. The van der Waals surface area contributed by atoms with E-state index >= 15 is 0 Å². The number of aliphatic hydroxyl groups excluding tert-OH is 1. The van der Waals surface area contributed by atoms with Gasteiger partial charge in [-0.15, -0.1) is 0 Å². The van der Waals surface area contributed by atoms with Crippen LogP contribution in [0.5, 0.6) is 0 Å². The summed E-state index contributed by atoms with van der Waals surface area (Å²) in [6, 6.07) is 5.85. The van der Waals surface area contributed by atoms with E-state index in [0.717, 1.165) is 22.9 Å². The normalized spacial score (nSPS) is 27.0. The van der Waals surface area contributed by atoms with E-state index in [9.17, 15) is 5.11 Å². The van der Waals surface area contributed by atoms with Crippen LogP contribution in [0.3, 0.4) is 0 Å². The van der Waals surface area contributed by atoms with Crippen LogP contribution in [0.1, 0.15) is 23.7 Å². The van der Waals surface area contributed by atoms with Gasteiger partial charge in [0.2, 0.25) is 0 Å². The third-order valence-electron chi connectivity index (χ3n) is 2.58. The third-order valence-corrected chi connectivity index (χ3v) is 3.07. The average molecular weight is 242 g/mol. The Kier molecular flexibility index (Phi) is 2.41. The van der Waals surface area contributed by atoms with Crippen LogP contribution in [-0.4, -0.2) is 11.1 Å². The number of hydrogen-bond donors (Lipinski definition) is 2. The minimum atomic E-state index is -0.489. The van der Waals surface area contributed by atoms with Gasteiger partial charge in [-0.25, -0.2) is 0 Å². The maximum Gasteiger partial charge on any atom is 0.0943 e. The van der Waals surface area contributed by atoms with E-state index in [4.69, 9.17) is 5.73 Å². The molecule has 70 valence electrons. The van der Waals surface area contributed by atoms with E-state index in [0.29, 0.717) is 0 Å². The van der Waals surface area contributed by atoms with Crippen molar-refractivity contribution < 1.29 is 5.11 Å². The topological polar surface area (TPSA) is 46.2 Å². The molecule has 1 aliphatic carbocycles. The van der Waals surface area contributed by atoms with Gasteiger partial charge >= 0.3 is 0 Å². The fourth-order valence-corrected chi connectivity index (χ4v) is 2.20. The molecule has 0 radical (unpaired) electrons. The molecule has 1 aromatic carbocycles. The third kappa shape index (κ3) is 1.64. The fraction of sp³-hybridized carbons (Fsp3) is 0.400. The fourth-order valence-electron chi connectivity index (χ4n) is 1.79. The largest absolute Gasteiger partial charge is 0.387 e. The van der Waals surface area contributed by atoms with Crippen molar-refractivity contribution >= 4 is 15.9 Å². The second kappa shape index (κ2) is 3.40. The first-order valence-corrected chi connectivity index (χ1v) is 5.20. The number of hydrogen-bond acceptors (Lipinski definition) is 2. The summed E-state index contributed by atoms with van der Waals surface area (Å²) in [4.78, 5) is 0. The molecule has 0 bridgehead atoms. The molecule has 0 spiro atoms. The molecular weight excluding hydrogens is 230 g/mol. The Labute approximate surface area is 85.9 Å². The van der Waals surface area contributed by atoms with Crippen LogP contribution in [-0.2, 0) is 6.42 Å².